The average molecular weight is 232 g/mol. The maximum absolute atomic E-state index is 11.8. The lowest BCUT2D eigenvalue weighted by molar-refractivity contribution is -0.150. The van der Waals surface area contributed by atoms with Gasteiger partial charge in [0.25, 0.3) is 0 Å². The molecule has 1 aromatic carbocycles. The molecule has 0 heterocycles. The molecule has 1 atom stereocenters. The van der Waals surface area contributed by atoms with Gasteiger partial charge in [-0.1, -0.05) is 12.1 Å². The van der Waals surface area contributed by atoms with E-state index in [0.29, 0.717) is 0 Å². The van der Waals surface area contributed by atoms with Crippen molar-refractivity contribution >= 4 is 5.97 Å². The predicted molar refractivity (Wildman–Crippen MR) is 50.0 cm³/mol. The van der Waals surface area contributed by atoms with Crippen molar-refractivity contribution in [2.75, 3.05) is 7.11 Å². The van der Waals surface area contributed by atoms with E-state index in [9.17, 15) is 18.7 Å². The quantitative estimate of drug-likeness (QED) is 0.799. The van der Waals surface area contributed by atoms with Gasteiger partial charge in [-0.25, -0.2) is 4.79 Å². The van der Waals surface area contributed by atoms with Gasteiger partial charge in [-0.2, -0.15) is 8.78 Å². The maximum Gasteiger partial charge on any atom is 0.387 e. The summed E-state index contributed by atoms with van der Waals surface area (Å²) in [7, 11) is 1.14. The number of halogens is 2. The van der Waals surface area contributed by atoms with E-state index in [4.69, 9.17) is 0 Å². The summed E-state index contributed by atoms with van der Waals surface area (Å²) in [5.74, 6) is -0.863. The molecule has 16 heavy (non-hydrogen) atoms. The molecule has 0 aliphatic rings. The van der Waals surface area contributed by atoms with Crippen molar-refractivity contribution in [2.24, 2.45) is 0 Å². The van der Waals surface area contributed by atoms with Crippen LogP contribution in [0.2, 0.25) is 0 Å². The zero-order chi connectivity index (χ0) is 12.1. The molecule has 4 nitrogen and oxygen atoms in total. The first-order valence-electron chi connectivity index (χ1n) is 4.35. The lowest BCUT2D eigenvalue weighted by Crippen LogP contribution is -2.13. The van der Waals surface area contributed by atoms with Crippen LogP contribution in [0.15, 0.2) is 24.3 Å². The average Bonchev–Trinajstić information content (AvgIpc) is 2.27. The normalized spacial score (nSPS) is 12.3. The summed E-state index contributed by atoms with van der Waals surface area (Å²) in [6.07, 6.45) is -1.43. The minimum atomic E-state index is -2.91. The number of benzene rings is 1. The van der Waals surface area contributed by atoms with Gasteiger partial charge in [0, 0.05) is 0 Å². The second-order valence-electron chi connectivity index (χ2n) is 2.87. The Morgan fingerprint density at radius 3 is 2.31 bits per heavy atom. The molecular formula is C10H10F2O4. The second-order valence-corrected chi connectivity index (χ2v) is 2.87. The summed E-state index contributed by atoms with van der Waals surface area (Å²) in [5.41, 5.74) is 0.244. The fraction of sp³-hybridized carbons (Fsp3) is 0.300. The molecule has 1 N–H and O–H groups in total. The van der Waals surface area contributed by atoms with Crippen molar-refractivity contribution in [1.29, 1.82) is 0 Å². The lowest BCUT2D eigenvalue weighted by Gasteiger charge is -2.09. The molecular weight excluding hydrogens is 222 g/mol. The minimum absolute atomic E-state index is 0.0455. The van der Waals surface area contributed by atoms with E-state index >= 15 is 0 Å². The summed E-state index contributed by atoms with van der Waals surface area (Å²) in [4.78, 5) is 11.0. The first kappa shape index (κ1) is 12.4. The number of esters is 1. The van der Waals surface area contributed by atoms with Crippen molar-refractivity contribution < 1.29 is 28.2 Å². The summed E-state index contributed by atoms with van der Waals surface area (Å²) in [5, 5.41) is 9.40. The monoisotopic (exact) mass is 232 g/mol. The smallest absolute Gasteiger partial charge is 0.387 e. The van der Waals surface area contributed by atoms with Crippen molar-refractivity contribution in [2.45, 2.75) is 12.7 Å². The van der Waals surface area contributed by atoms with Gasteiger partial charge in [-0.3, -0.25) is 0 Å². The highest BCUT2D eigenvalue weighted by Gasteiger charge is 2.17. The van der Waals surface area contributed by atoms with Crippen molar-refractivity contribution in [3.05, 3.63) is 29.8 Å². The van der Waals surface area contributed by atoms with E-state index in [1.54, 1.807) is 0 Å². The van der Waals surface area contributed by atoms with Crippen LogP contribution in [0.5, 0.6) is 5.75 Å². The molecule has 0 amide bonds. The molecule has 88 valence electrons. The fourth-order valence-corrected chi connectivity index (χ4v) is 1.08. The number of rotatable bonds is 4. The first-order valence-corrected chi connectivity index (χ1v) is 4.35. The summed E-state index contributed by atoms with van der Waals surface area (Å²) < 4.78 is 32.1. The Hall–Kier alpha value is -1.69. The Morgan fingerprint density at radius 2 is 1.88 bits per heavy atom. The van der Waals surface area contributed by atoms with Gasteiger partial charge < -0.3 is 14.6 Å². The van der Waals surface area contributed by atoms with Gasteiger partial charge in [0.1, 0.15) is 5.75 Å². The summed E-state index contributed by atoms with van der Waals surface area (Å²) in [6, 6.07) is 5.07. The van der Waals surface area contributed by atoms with Crippen LogP contribution in [-0.2, 0) is 9.53 Å². The third-order valence-electron chi connectivity index (χ3n) is 1.85. The summed E-state index contributed by atoms with van der Waals surface area (Å²) in [6.45, 7) is -2.91. The topological polar surface area (TPSA) is 55.8 Å². The van der Waals surface area contributed by atoms with Gasteiger partial charge in [-0.05, 0) is 17.7 Å². The molecule has 0 saturated carbocycles. The Bertz CT molecular complexity index is 350. The van der Waals surface area contributed by atoms with Gasteiger partial charge in [0.2, 0.25) is 0 Å². The van der Waals surface area contributed by atoms with E-state index in [1.807, 2.05) is 0 Å². The summed E-state index contributed by atoms with van der Waals surface area (Å²) >= 11 is 0. The van der Waals surface area contributed by atoms with Gasteiger partial charge in [0.15, 0.2) is 6.10 Å². The number of aliphatic hydroxyl groups is 1. The highest BCUT2D eigenvalue weighted by molar-refractivity contribution is 5.76. The number of carbonyl (C=O) groups excluding carboxylic acids is 1. The van der Waals surface area contributed by atoms with Crippen molar-refractivity contribution in [1.82, 2.24) is 0 Å². The van der Waals surface area contributed by atoms with Crippen LogP contribution in [0.3, 0.4) is 0 Å². The van der Waals surface area contributed by atoms with Crippen LogP contribution in [-0.4, -0.2) is 24.8 Å². The molecule has 0 aliphatic carbocycles. The van der Waals surface area contributed by atoms with Crippen LogP contribution < -0.4 is 4.74 Å². The third kappa shape index (κ3) is 3.16. The maximum atomic E-state index is 11.8. The van der Waals surface area contributed by atoms with Crippen LogP contribution in [0.4, 0.5) is 8.78 Å². The third-order valence-corrected chi connectivity index (χ3v) is 1.85. The Kier molecular flexibility index (Phi) is 4.19. The number of hydrogen-bond acceptors (Lipinski definition) is 4. The highest BCUT2D eigenvalue weighted by atomic mass is 19.3. The molecule has 0 fully saturated rings. The van der Waals surface area contributed by atoms with E-state index in [2.05, 4.69) is 9.47 Å². The molecule has 0 aliphatic heterocycles. The first-order chi connectivity index (χ1) is 7.54. The van der Waals surface area contributed by atoms with Crippen LogP contribution in [0.25, 0.3) is 0 Å². The van der Waals surface area contributed by atoms with E-state index < -0.39 is 18.7 Å². The zero-order valence-electron chi connectivity index (χ0n) is 8.39. The number of ether oxygens (including phenoxy) is 2. The minimum Gasteiger partial charge on any atom is -0.467 e. The Labute approximate surface area is 90.4 Å². The molecule has 6 heteroatoms. The predicted octanol–water partition coefficient (Wildman–Crippen LogP) is 1.49. The molecule has 1 rings (SSSR count). The molecule has 0 saturated heterocycles. The van der Waals surface area contributed by atoms with Gasteiger partial charge >= 0.3 is 12.6 Å². The number of carbonyl (C=O) groups is 1. The van der Waals surface area contributed by atoms with Gasteiger partial charge in [-0.15, -0.1) is 0 Å². The highest BCUT2D eigenvalue weighted by Crippen LogP contribution is 2.19. The lowest BCUT2D eigenvalue weighted by atomic mass is 10.1. The molecule has 0 radical (unpaired) electrons. The molecule has 1 aromatic rings. The van der Waals surface area contributed by atoms with Crippen molar-refractivity contribution in [3.8, 4) is 5.75 Å². The van der Waals surface area contributed by atoms with E-state index in [-0.39, 0.29) is 11.3 Å². The zero-order valence-corrected chi connectivity index (χ0v) is 8.39. The Balaban J connectivity index is 2.74. The van der Waals surface area contributed by atoms with Gasteiger partial charge in [0.05, 0.1) is 7.11 Å². The molecule has 0 bridgehead atoms. The number of hydrogen-bond donors (Lipinski definition) is 1. The number of aliphatic hydroxyl groups excluding tert-OH is 1. The van der Waals surface area contributed by atoms with E-state index in [0.717, 1.165) is 7.11 Å². The van der Waals surface area contributed by atoms with E-state index in [1.165, 1.54) is 24.3 Å². The fourth-order valence-electron chi connectivity index (χ4n) is 1.08. The van der Waals surface area contributed by atoms with Crippen LogP contribution in [0, 0.1) is 0 Å². The molecule has 0 aromatic heterocycles. The van der Waals surface area contributed by atoms with Crippen LogP contribution in [0.1, 0.15) is 11.7 Å². The molecule has 0 spiro atoms. The molecule has 0 unspecified atom stereocenters. The Morgan fingerprint density at radius 1 is 1.31 bits per heavy atom. The standard InChI is InChI=1S/C10H10F2O4/c1-15-9(14)8(13)6-2-4-7(5-3-6)16-10(11)12/h2-5,8,10,13H,1H3/t8-/m0/s1. The largest absolute Gasteiger partial charge is 0.467 e. The number of methoxy groups -OCH3 is 1. The number of alkyl halides is 2. The van der Waals surface area contributed by atoms with Crippen molar-refractivity contribution in [3.63, 3.8) is 0 Å². The SMILES string of the molecule is COC(=O)[C@@H](O)c1ccc(OC(F)F)cc1. The second kappa shape index (κ2) is 5.41. The van der Waals surface area contributed by atoms with Crippen LogP contribution >= 0.6 is 0 Å².